The van der Waals surface area contributed by atoms with Gasteiger partial charge in [-0.1, -0.05) is 61.4 Å². The quantitative estimate of drug-likeness (QED) is 0.00991. The molecule has 6 unspecified atom stereocenters. The van der Waals surface area contributed by atoms with E-state index in [0.29, 0.717) is 97.9 Å². The van der Waals surface area contributed by atoms with Crippen molar-refractivity contribution in [2.75, 3.05) is 68.3 Å². The number of nitrogens with two attached hydrogens (primary N) is 2. The van der Waals surface area contributed by atoms with Crippen LogP contribution >= 0.6 is 24.0 Å². The number of aromatic nitrogens is 1. The molecule has 3 fully saturated rings. The highest BCUT2D eigenvalue weighted by Gasteiger charge is 2.43. The first-order chi connectivity index (χ1) is 49.9. The van der Waals surface area contributed by atoms with Gasteiger partial charge in [-0.05, 0) is 143 Å². The van der Waals surface area contributed by atoms with Crippen LogP contribution in [0.3, 0.4) is 0 Å². The van der Waals surface area contributed by atoms with Crippen LogP contribution in [0.4, 0.5) is 21.9 Å². The maximum absolute atomic E-state index is 14.3. The number of carbonyl (C=O) groups is 11. The van der Waals surface area contributed by atoms with Crippen LogP contribution in [0.1, 0.15) is 131 Å². The Morgan fingerprint density at radius 1 is 0.635 bits per heavy atom. The number of carboxylic acid groups (broad SMARTS) is 4. The minimum absolute atomic E-state index is 0.0349. The molecule has 0 bridgehead atoms. The second-order valence-electron chi connectivity index (χ2n) is 25.5. The second kappa shape index (κ2) is 42.2. The number of hydrogen-bond acceptors (Lipinski definition) is 17. The van der Waals surface area contributed by atoms with E-state index in [1.54, 1.807) is 60.3 Å². The summed E-state index contributed by atoms with van der Waals surface area (Å²) in [6.07, 6.45) is 9.78. The minimum atomic E-state index is -1.28. The summed E-state index contributed by atoms with van der Waals surface area (Å²) in [6, 6.07) is 22.8. The van der Waals surface area contributed by atoms with E-state index in [1.807, 2.05) is 30.3 Å². The lowest BCUT2D eigenvalue weighted by Gasteiger charge is -2.42. The molecule has 17 N–H and O–H groups in total. The van der Waals surface area contributed by atoms with Gasteiger partial charge in [0.15, 0.2) is 11.1 Å². The Hall–Kier alpha value is -10.4. The molecule has 0 radical (unpaired) electrons. The van der Waals surface area contributed by atoms with E-state index in [-0.39, 0.29) is 103 Å². The first kappa shape index (κ1) is 80.9. The van der Waals surface area contributed by atoms with Crippen LogP contribution in [0.25, 0.3) is 0 Å². The van der Waals surface area contributed by atoms with E-state index in [1.165, 1.54) is 17.0 Å². The van der Waals surface area contributed by atoms with Crippen molar-refractivity contribution in [2.45, 2.75) is 157 Å². The molecule has 3 aliphatic heterocycles. The monoisotopic (exact) mass is 1470 g/mol. The Balaban J connectivity index is 0.840. The topological polar surface area (TPSA) is 464 Å². The molecule has 4 heterocycles. The summed E-state index contributed by atoms with van der Waals surface area (Å²) < 4.78 is 0. The van der Waals surface area contributed by atoms with Crippen LogP contribution in [0.15, 0.2) is 96.0 Å². The molecule has 33 heteroatoms. The van der Waals surface area contributed by atoms with Gasteiger partial charge in [0.2, 0.25) is 35.4 Å². The highest BCUT2D eigenvalue weighted by molar-refractivity contribution is 8.00. The number of rotatable bonds is 43. The highest BCUT2D eigenvalue weighted by Crippen LogP contribution is 2.37. The first-order valence-electron chi connectivity index (χ1n) is 34.6. The van der Waals surface area contributed by atoms with Gasteiger partial charge >= 0.3 is 29.9 Å². The molecular formula is C71H92N16O15S2. The summed E-state index contributed by atoms with van der Waals surface area (Å²) in [5.74, 6) is -1.14. The van der Waals surface area contributed by atoms with Crippen molar-refractivity contribution in [3.8, 4) is 11.8 Å². The van der Waals surface area contributed by atoms with Gasteiger partial charge in [0.05, 0.1) is 49.0 Å². The molecule has 3 aromatic carbocycles. The number of anilines is 3. The molecule has 558 valence electrons. The van der Waals surface area contributed by atoms with Crippen molar-refractivity contribution in [1.29, 1.82) is 0 Å². The van der Waals surface area contributed by atoms with E-state index in [2.05, 4.69) is 69.7 Å². The molecule has 4 aromatic rings. The van der Waals surface area contributed by atoms with Gasteiger partial charge in [0, 0.05) is 98.4 Å². The summed E-state index contributed by atoms with van der Waals surface area (Å²) in [5, 5.41) is 65.0. The van der Waals surface area contributed by atoms with E-state index < -0.39 is 85.9 Å². The molecule has 7 rings (SSSR count). The smallest absolute Gasteiger partial charge is 0.317 e. The lowest BCUT2D eigenvalue weighted by Crippen LogP contribution is -2.64. The number of urea groups is 1. The maximum atomic E-state index is 14.3. The molecule has 104 heavy (non-hydrogen) atoms. The summed E-state index contributed by atoms with van der Waals surface area (Å²) in [7, 11) is 0. The SMILES string of the molecule is NC(N)=NCCCC(NC(=O)C1CCN1C(=O)C(Cc1ccccc1)NC(=O)CCCCCNC(=O)CCCCCNC(=O)CCCCC1CC2NC(=O)NC2S1)C(=O)Nc1ccc(NC(=S)Nc2ccc(C#Cc3cc(CN(CC(=O)O)CC(=O)O)nc(CN(CC(=O)O)CC(=O)O)c3)cc2)cc1. The minimum Gasteiger partial charge on any atom is -0.480 e. The summed E-state index contributed by atoms with van der Waals surface area (Å²) >= 11 is 7.39. The van der Waals surface area contributed by atoms with Gasteiger partial charge in [0.25, 0.3) is 0 Å². The van der Waals surface area contributed by atoms with E-state index in [4.69, 9.17) is 23.7 Å². The number of hydrogen-bond donors (Lipinski definition) is 15. The number of guanidine groups is 1. The zero-order valence-electron chi connectivity index (χ0n) is 57.7. The maximum Gasteiger partial charge on any atom is 0.317 e. The van der Waals surface area contributed by atoms with E-state index >= 15 is 0 Å². The third kappa shape index (κ3) is 29.5. The fourth-order valence-corrected chi connectivity index (χ4v) is 13.7. The largest absolute Gasteiger partial charge is 0.480 e. The molecule has 0 aliphatic carbocycles. The fraction of sp³-hybridized carbons (Fsp3) is 0.465. The van der Waals surface area contributed by atoms with Crippen LogP contribution in [-0.2, 0) is 67.5 Å². The third-order valence-corrected chi connectivity index (χ3v) is 18.7. The number of pyridine rings is 1. The number of carbonyl (C=O) groups excluding carboxylic acids is 7. The van der Waals surface area contributed by atoms with Crippen LogP contribution in [0.5, 0.6) is 0 Å². The van der Waals surface area contributed by atoms with Gasteiger partial charge in [-0.15, -0.1) is 11.8 Å². The Kier molecular flexibility index (Phi) is 32.8. The number of nitrogens with zero attached hydrogens (tertiary/aromatic N) is 5. The average molecular weight is 1470 g/mol. The van der Waals surface area contributed by atoms with Crippen molar-refractivity contribution in [3.05, 3.63) is 119 Å². The normalized spacial score (nSPS) is 16.1. The molecule has 0 spiro atoms. The average Bonchev–Trinajstić information content (AvgIpc) is 1.28. The van der Waals surface area contributed by atoms with E-state index in [9.17, 15) is 73.2 Å². The highest BCUT2D eigenvalue weighted by atomic mass is 32.2. The molecule has 0 saturated carbocycles. The van der Waals surface area contributed by atoms with Gasteiger partial charge in [-0.3, -0.25) is 67.7 Å². The number of thiocarbonyl (C=S) groups is 1. The Morgan fingerprint density at radius 2 is 1.16 bits per heavy atom. The lowest BCUT2D eigenvalue weighted by molar-refractivity contribution is -0.150. The van der Waals surface area contributed by atoms with Crippen molar-refractivity contribution in [2.24, 2.45) is 16.5 Å². The number of aliphatic imine (C=N–C) groups is 1. The fourth-order valence-electron chi connectivity index (χ4n) is 11.9. The van der Waals surface area contributed by atoms with Gasteiger partial charge in [-0.25, -0.2) is 4.79 Å². The lowest BCUT2D eigenvalue weighted by atomic mass is 9.97. The van der Waals surface area contributed by atoms with Crippen molar-refractivity contribution in [1.82, 2.24) is 51.6 Å². The van der Waals surface area contributed by atoms with Crippen LogP contribution < -0.4 is 59.3 Å². The molecule has 6 atom stereocenters. The van der Waals surface area contributed by atoms with Gasteiger partial charge in [0.1, 0.15) is 18.1 Å². The first-order valence-corrected chi connectivity index (χ1v) is 35.9. The third-order valence-electron chi connectivity index (χ3n) is 16.9. The molecule has 3 aliphatic rings. The molecule has 1 aromatic heterocycles. The summed E-state index contributed by atoms with van der Waals surface area (Å²) in [4.78, 5) is 150. The number of fused-ring (bicyclic) bond motifs is 1. The molecule has 31 nitrogen and oxygen atoms in total. The molecule has 3 saturated heterocycles. The zero-order valence-corrected chi connectivity index (χ0v) is 59.3. The second-order valence-corrected chi connectivity index (χ2v) is 27.4. The Bertz CT molecular complexity index is 3640. The predicted octanol–water partition coefficient (Wildman–Crippen LogP) is 3.46. The number of likely N-dealkylation sites (tertiary alicyclic amines) is 1. The Morgan fingerprint density at radius 3 is 1.69 bits per heavy atom. The standard InChI is InChI=1S/C71H92N16O15S2/c72-69(73)76-33-12-16-54(65(99)78-48-26-28-50(29-27-48)80-71(103)79-49-24-22-45(23-25-49)20-21-47-35-51(39-85(41-61(91)92)42-62(93)94)77-52(36-47)40-86(43-63(95)96)44-64(97)98)82-66(100)57-30-34-87(57)68(101)56(37-46-13-4-1-5-14-46)81-60(90)19-7-3-11-32-74-58(88)17-6-2-10-31-75-59(89)18-9-8-15-53-38-55-67(104-53)84-70(102)83-55/h1,4-5,13-14,22-29,35-36,53-57,67H,2-3,6-12,15-19,30-34,37-44H2,(H,74,88)(H,75,89)(H,78,99)(H,81,90)(H,82,100)(H,91,92)(H,93,94)(H,95,96)(H,97,98)(H4,72,73,76)(H2,79,80,103)(H2,83,84,102). The number of unbranched alkanes of at least 4 members (excludes halogenated alkanes) is 5. The number of amides is 8. The number of thioether (sulfide) groups is 1. The molecule has 8 amide bonds. The van der Waals surface area contributed by atoms with Crippen LogP contribution in [0, 0.1) is 11.8 Å². The van der Waals surface area contributed by atoms with E-state index in [0.717, 1.165) is 53.9 Å². The van der Waals surface area contributed by atoms with Gasteiger partial charge < -0.3 is 84.6 Å². The van der Waals surface area contributed by atoms with Crippen molar-refractivity contribution >= 4 is 117 Å². The van der Waals surface area contributed by atoms with Crippen molar-refractivity contribution < 1.29 is 73.2 Å². The predicted molar refractivity (Wildman–Crippen MR) is 393 cm³/mol. The van der Waals surface area contributed by atoms with Crippen LogP contribution in [0.2, 0.25) is 0 Å². The van der Waals surface area contributed by atoms with Gasteiger partial charge in [-0.2, -0.15) is 0 Å². The molecular weight excluding hydrogens is 1380 g/mol. The summed E-state index contributed by atoms with van der Waals surface area (Å²) in [6.45, 7) is -1.50. The zero-order chi connectivity index (χ0) is 74.9. The Labute approximate surface area is 612 Å². The number of nitrogens with one attached hydrogen (secondary N) is 9. The summed E-state index contributed by atoms with van der Waals surface area (Å²) in [5.41, 5.74) is 14.8. The number of carboxylic acids is 4. The van der Waals surface area contributed by atoms with Crippen LogP contribution in [-0.4, -0.2) is 204 Å². The number of aliphatic carboxylic acids is 4. The number of benzene rings is 3. The van der Waals surface area contributed by atoms with Crippen molar-refractivity contribution in [3.63, 3.8) is 0 Å².